The van der Waals surface area contributed by atoms with Crippen molar-refractivity contribution in [3.8, 4) is 0 Å². The van der Waals surface area contributed by atoms with E-state index in [0.29, 0.717) is 17.5 Å². The van der Waals surface area contributed by atoms with E-state index in [4.69, 9.17) is 0 Å². The number of hydrogen-bond acceptors (Lipinski definition) is 2. The van der Waals surface area contributed by atoms with Gasteiger partial charge in [0.15, 0.2) is 11.6 Å². The molecular formula is C24H22O2. The summed E-state index contributed by atoms with van der Waals surface area (Å²) < 4.78 is 0. The summed E-state index contributed by atoms with van der Waals surface area (Å²) in [6, 6.07) is 28.1. The second kappa shape index (κ2) is 8.39. The number of rotatable bonds is 7. The van der Waals surface area contributed by atoms with Gasteiger partial charge in [0.25, 0.3) is 0 Å². The maximum absolute atomic E-state index is 13.3. The van der Waals surface area contributed by atoms with Gasteiger partial charge in [0.2, 0.25) is 0 Å². The topological polar surface area (TPSA) is 34.1 Å². The lowest BCUT2D eigenvalue weighted by Crippen LogP contribution is -2.30. The molecule has 0 amide bonds. The average molecular weight is 342 g/mol. The van der Waals surface area contributed by atoms with Crippen LogP contribution in [-0.4, -0.2) is 11.6 Å². The van der Waals surface area contributed by atoms with Gasteiger partial charge in [0, 0.05) is 17.0 Å². The normalized spacial score (nSPS) is 11.9. The Morgan fingerprint density at radius 2 is 1.04 bits per heavy atom. The number of benzene rings is 3. The van der Waals surface area contributed by atoms with Crippen molar-refractivity contribution in [2.45, 2.75) is 19.3 Å². The van der Waals surface area contributed by atoms with Crippen LogP contribution in [0.15, 0.2) is 91.0 Å². The first-order valence-corrected chi connectivity index (χ1v) is 8.96. The molecule has 0 saturated carbocycles. The van der Waals surface area contributed by atoms with Gasteiger partial charge in [-0.1, -0.05) is 97.9 Å². The van der Waals surface area contributed by atoms with Gasteiger partial charge in [0.05, 0.1) is 5.92 Å². The van der Waals surface area contributed by atoms with E-state index in [1.807, 2.05) is 73.7 Å². The van der Waals surface area contributed by atoms with Crippen molar-refractivity contribution in [3.63, 3.8) is 0 Å². The first-order valence-electron chi connectivity index (χ1n) is 8.96. The lowest BCUT2D eigenvalue weighted by Gasteiger charge is -2.25. The highest BCUT2D eigenvalue weighted by Gasteiger charge is 2.35. The van der Waals surface area contributed by atoms with E-state index in [0.717, 1.165) is 5.56 Å². The summed E-state index contributed by atoms with van der Waals surface area (Å²) in [7, 11) is 0. The zero-order valence-corrected chi connectivity index (χ0v) is 14.8. The molecule has 0 spiro atoms. The third-order valence-electron chi connectivity index (χ3n) is 4.75. The third kappa shape index (κ3) is 3.80. The minimum Gasteiger partial charge on any atom is -0.293 e. The summed E-state index contributed by atoms with van der Waals surface area (Å²) in [4.78, 5) is 26.6. The summed E-state index contributed by atoms with van der Waals surface area (Å²) in [6.45, 7) is 2.03. The molecule has 0 aliphatic rings. The highest BCUT2D eigenvalue weighted by atomic mass is 16.2. The predicted octanol–water partition coefficient (Wildman–Crippen LogP) is 5.56. The molecule has 0 bridgehead atoms. The van der Waals surface area contributed by atoms with Crippen LogP contribution in [0.2, 0.25) is 0 Å². The summed E-state index contributed by atoms with van der Waals surface area (Å²) in [6.07, 6.45) is 0.714. The third-order valence-corrected chi connectivity index (χ3v) is 4.75. The van der Waals surface area contributed by atoms with Gasteiger partial charge in [-0.05, 0) is 12.0 Å². The van der Waals surface area contributed by atoms with E-state index in [2.05, 4.69) is 0 Å². The van der Waals surface area contributed by atoms with Gasteiger partial charge in [-0.25, -0.2) is 0 Å². The number of ketones is 2. The SMILES string of the molecule is CCC(c1ccccc1)C(C(=O)c1ccccc1)C(=O)c1ccccc1. The van der Waals surface area contributed by atoms with Crippen LogP contribution in [0.1, 0.15) is 45.5 Å². The monoisotopic (exact) mass is 342 g/mol. The van der Waals surface area contributed by atoms with Gasteiger partial charge in [0.1, 0.15) is 0 Å². The van der Waals surface area contributed by atoms with Gasteiger partial charge in [-0.2, -0.15) is 0 Å². The van der Waals surface area contributed by atoms with E-state index in [-0.39, 0.29) is 17.5 Å². The Hall–Kier alpha value is -3.00. The van der Waals surface area contributed by atoms with Crippen LogP contribution in [0.5, 0.6) is 0 Å². The Kier molecular flexibility index (Phi) is 5.75. The molecule has 1 unspecified atom stereocenters. The fraction of sp³-hybridized carbons (Fsp3) is 0.167. The van der Waals surface area contributed by atoms with Crippen molar-refractivity contribution < 1.29 is 9.59 Å². The molecule has 2 nitrogen and oxygen atoms in total. The first kappa shape index (κ1) is 17.8. The maximum atomic E-state index is 13.3. The second-order valence-corrected chi connectivity index (χ2v) is 6.36. The van der Waals surface area contributed by atoms with Gasteiger partial charge >= 0.3 is 0 Å². The average Bonchev–Trinajstić information content (AvgIpc) is 2.73. The standard InChI is InChI=1S/C24H22O2/c1-2-21(18-12-6-3-7-13-18)22(23(25)19-14-8-4-9-15-19)24(26)20-16-10-5-11-17-20/h3-17,21-22H,2H2,1H3. The molecular weight excluding hydrogens is 320 g/mol. The van der Waals surface area contributed by atoms with Crippen LogP contribution < -0.4 is 0 Å². The Bertz CT molecular complexity index is 803. The van der Waals surface area contributed by atoms with Crippen molar-refractivity contribution in [2.75, 3.05) is 0 Å². The molecule has 130 valence electrons. The van der Waals surface area contributed by atoms with Gasteiger partial charge < -0.3 is 0 Å². The fourth-order valence-corrected chi connectivity index (χ4v) is 3.41. The molecule has 26 heavy (non-hydrogen) atoms. The van der Waals surface area contributed by atoms with Gasteiger partial charge in [-0.3, -0.25) is 9.59 Å². The number of Topliss-reactive ketones (excluding diaryl/α,β-unsaturated/α-hetero) is 2. The Balaban J connectivity index is 2.06. The molecule has 2 heteroatoms. The number of carbonyl (C=O) groups is 2. The van der Waals surface area contributed by atoms with Crippen LogP contribution in [-0.2, 0) is 0 Å². The molecule has 0 radical (unpaired) electrons. The first-order chi connectivity index (χ1) is 12.7. The quantitative estimate of drug-likeness (QED) is 0.416. The minimum atomic E-state index is -0.729. The summed E-state index contributed by atoms with van der Waals surface area (Å²) >= 11 is 0. The maximum Gasteiger partial charge on any atom is 0.174 e. The largest absolute Gasteiger partial charge is 0.293 e. The molecule has 0 aromatic heterocycles. The Morgan fingerprint density at radius 3 is 1.42 bits per heavy atom. The van der Waals surface area contributed by atoms with Crippen molar-refractivity contribution in [2.24, 2.45) is 5.92 Å². The summed E-state index contributed by atoms with van der Waals surface area (Å²) in [5, 5.41) is 0. The predicted molar refractivity (Wildman–Crippen MR) is 105 cm³/mol. The van der Waals surface area contributed by atoms with Crippen LogP contribution in [0.4, 0.5) is 0 Å². The van der Waals surface area contributed by atoms with Crippen molar-refractivity contribution in [1.29, 1.82) is 0 Å². The zero-order valence-electron chi connectivity index (χ0n) is 14.8. The Morgan fingerprint density at radius 1 is 0.654 bits per heavy atom. The van der Waals surface area contributed by atoms with Crippen molar-refractivity contribution >= 4 is 11.6 Å². The lowest BCUT2D eigenvalue weighted by atomic mass is 9.76. The fourth-order valence-electron chi connectivity index (χ4n) is 3.41. The van der Waals surface area contributed by atoms with Crippen molar-refractivity contribution in [3.05, 3.63) is 108 Å². The molecule has 0 saturated heterocycles. The van der Waals surface area contributed by atoms with Crippen LogP contribution in [0.25, 0.3) is 0 Å². The molecule has 0 N–H and O–H groups in total. The second-order valence-electron chi connectivity index (χ2n) is 6.36. The van der Waals surface area contributed by atoms with Gasteiger partial charge in [-0.15, -0.1) is 0 Å². The number of hydrogen-bond donors (Lipinski definition) is 0. The zero-order chi connectivity index (χ0) is 18.4. The van der Waals surface area contributed by atoms with Crippen LogP contribution in [0.3, 0.4) is 0 Å². The van der Waals surface area contributed by atoms with E-state index in [1.54, 1.807) is 24.3 Å². The van der Waals surface area contributed by atoms with Crippen LogP contribution >= 0.6 is 0 Å². The van der Waals surface area contributed by atoms with Crippen molar-refractivity contribution in [1.82, 2.24) is 0 Å². The molecule has 3 aromatic rings. The highest BCUT2D eigenvalue weighted by molar-refractivity contribution is 6.16. The lowest BCUT2D eigenvalue weighted by molar-refractivity contribution is 0.0780. The minimum absolute atomic E-state index is 0.116. The molecule has 0 aliphatic heterocycles. The molecule has 0 heterocycles. The summed E-state index contributed by atoms with van der Waals surface area (Å²) in [5.74, 6) is -1.12. The van der Waals surface area contributed by atoms with E-state index in [9.17, 15) is 9.59 Å². The summed E-state index contributed by atoms with van der Waals surface area (Å²) in [5.41, 5.74) is 2.18. The van der Waals surface area contributed by atoms with E-state index >= 15 is 0 Å². The molecule has 3 aromatic carbocycles. The molecule has 3 rings (SSSR count). The molecule has 0 fully saturated rings. The highest BCUT2D eigenvalue weighted by Crippen LogP contribution is 2.33. The molecule has 0 aliphatic carbocycles. The molecule has 1 atom stereocenters. The smallest absolute Gasteiger partial charge is 0.174 e. The van der Waals surface area contributed by atoms with E-state index in [1.165, 1.54) is 0 Å². The Labute approximate surface area is 154 Å². The van der Waals surface area contributed by atoms with Crippen LogP contribution in [0, 0.1) is 5.92 Å². The van der Waals surface area contributed by atoms with E-state index < -0.39 is 5.92 Å². The number of carbonyl (C=O) groups excluding carboxylic acids is 2.